The van der Waals surface area contributed by atoms with Crippen LogP contribution in [0.4, 0.5) is 5.69 Å². The van der Waals surface area contributed by atoms with Crippen molar-refractivity contribution in [2.45, 2.75) is 37.8 Å². The summed E-state index contributed by atoms with van der Waals surface area (Å²) >= 11 is 0. The van der Waals surface area contributed by atoms with E-state index in [1.165, 1.54) is 4.31 Å². The predicted octanol–water partition coefficient (Wildman–Crippen LogP) is 4.06. The topological polar surface area (TPSA) is 66.5 Å². The van der Waals surface area contributed by atoms with E-state index >= 15 is 0 Å². The first-order valence-corrected chi connectivity index (χ1v) is 11.4. The molecule has 4 rings (SSSR count). The second kappa shape index (κ2) is 7.95. The van der Waals surface area contributed by atoms with Gasteiger partial charge in [-0.3, -0.25) is 9.10 Å². The Hall–Kier alpha value is -3.12. The number of benzene rings is 3. The number of hydrogen-bond acceptors (Lipinski definition) is 3. The van der Waals surface area contributed by atoms with Gasteiger partial charge < -0.3 is 5.32 Å². The second-order valence-electron chi connectivity index (χ2n) is 7.68. The Kier molecular flexibility index (Phi) is 5.35. The van der Waals surface area contributed by atoms with Crippen molar-refractivity contribution in [3.63, 3.8) is 0 Å². The summed E-state index contributed by atoms with van der Waals surface area (Å²) in [7, 11) is -3.65. The van der Waals surface area contributed by atoms with Crippen LogP contribution in [0.2, 0.25) is 0 Å². The van der Waals surface area contributed by atoms with Crippen LogP contribution in [0.15, 0.2) is 77.7 Å². The maximum atomic E-state index is 13.2. The van der Waals surface area contributed by atoms with Gasteiger partial charge in [-0.05, 0) is 61.7 Å². The van der Waals surface area contributed by atoms with E-state index in [1.807, 2.05) is 38.1 Å². The Bertz CT molecular complexity index is 1190. The van der Waals surface area contributed by atoms with Crippen LogP contribution in [0.1, 0.15) is 34.0 Å². The number of fused-ring (bicyclic) bond motifs is 1. The smallest absolute Gasteiger partial charge is 0.264 e. The monoisotopic (exact) mass is 420 g/mol. The lowest BCUT2D eigenvalue weighted by Gasteiger charge is -2.24. The maximum absolute atomic E-state index is 13.2. The van der Waals surface area contributed by atoms with Crippen LogP contribution >= 0.6 is 0 Å². The van der Waals surface area contributed by atoms with Crippen molar-refractivity contribution in [1.29, 1.82) is 0 Å². The van der Waals surface area contributed by atoms with E-state index in [4.69, 9.17) is 0 Å². The van der Waals surface area contributed by atoms with Gasteiger partial charge in [0.2, 0.25) is 0 Å². The molecule has 0 bridgehead atoms. The fourth-order valence-electron chi connectivity index (χ4n) is 3.92. The fourth-order valence-corrected chi connectivity index (χ4v) is 5.64. The Labute approximate surface area is 177 Å². The number of rotatable bonds is 5. The molecule has 1 aliphatic heterocycles. The number of carbonyl (C=O) groups excluding carboxylic acids is 1. The molecular weight excluding hydrogens is 396 g/mol. The van der Waals surface area contributed by atoms with E-state index < -0.39 is 10.0 Å². The molecule has 3 aromatic rings. The Balaban J connectivity index is 1.56. The number of hydrogen-bond donors (Lipinski definition) is 1. The molecule has 154 valence electrons. The zero-order valence-corrected chi connectivity index (χ0v) is 17.8. The average molecular weight is 421 g/mol. The van der Waals surface area contributed by atoms with Crippen molar-refractivity contribution >= 4 is 21.6 Å². The third-order valence-corrected chi connectivity index (χ3v) is 7.27. The van der Waals surface area contributed by atoms with Crippen molar-refractivity contribution in [3.05, 3.63) is 95.1 Å². The van der Waals surface area contributed by atoms with Gasteiger partial charge in [0, 0.05) is 18.2 Å². The summed E-state index contributed by atoms with van der Waals surface area (Å²) in [6, 6.07) is 21.5. The number of nitrogens with one attached hydrogen (secondary N) is 1. The van der Waals surface area contributed by atoms with Crippen LogP contribution in [0.25, 0.3) is 0 Å². The first-order chi connectivity index (χ1) is 14.4. The first kappa shape index (κ1) is 20.2. The lowest BCUT2D eigenvalue weighted by Crippen LogP contribution is -2.35. The van der Waals surface area contributed by atoms with Gasteiger partial charge in [-0.1, -0.05) is 48.0 Å². The molecule has 0 aromatic heterocycles. The quantitative estimate of drug-likeness (QED) is 0.677. The van der Waals surface area contributed by atoms with E-state index in [0.717, 1.165) is 16.7 Å². The number of amides is 1. The summed E-state index contributed by atoms with van der Waals surface area (Å²) in [5, 5.41) is 2.94. The molecule has 1 heterocycles. The molecular formula is C24H24N2O3S. The van der Waals surface area contributed by atoms with Crippen LogP contribution in [-0.2, 0) is 23.0 Å². The molecule has 1 N–H and O–H groups in total. The number of nitrogens with zero attached hydrogens (tertiary/aromatic N) is 1. The molecule has 5 nitrogen and oxygen atoms in total. The van der Waals surface area contributed by atoms with E-state index in [2.05, 4.69) is 5.32 Å². The minimum atomic E-state index is -3.65. The second-order valence-corrected chi connectivity index (χ2v) is 9.50. The lowest BCUT2D eigenvalue weighted by molar-refractivity contribution is 0.0951. The Morgan fingerprint density at radius 1 is 1.03 bits per heavy atom. The van der Waals surface area contributed by atoms with Gasteiger partial charge >= 0.3 is 0 Å². The van der Waals surface area contributed by atoms with E-state index in [9.17, 15) is 13.2 Å². The number of sulfonamides is 1. The van der Waals surface area contributed by atoms with Crippen molar-refractivity contribution in [2.75, 3.05) is 4.31 Å². The standard InChI is InChI=1S/C24H24N2O3S/c1-17-7-6-8-19(13-17)16-25-24(27)20-11-12-23-21(15-20)14-18(2)26(23)30(28,29)22-9-4-3-5-10-22/h3-13,15,18H,14,16H2,1-2H3,(H,25,27)/t18-/m0/s1. The molecule has 3 aromatic carbocycles. The van der Waals surface area contributed by atoms with Gasteiger partial charge in [0.1, 0.15) is 0 Å². The highest BCUT2D eigenvalue weighted by molar-refractivity contribution is 7.92. The molecule has 0 unspecified atom stereocenters. The van der Waals surface area contributed by atoms with Crippen LogP contribution < -0.4 is 9.62 Å². The Morgan fingerprint density at radius 2 is 1.80 bits per heavy atom. The molecule has 6 heteroatoms. The van der Waals surface area contributed by atoms with Crippen molar-refractivity contribution in [1.82, 2.24) is 5.32 Å². The van der Waals surface area contributed by atoms with E-state index in [-0.39, 0.29) is 16.8 Å². The van der Waals surface area contributed by atoms with Gasteiger partial charge in [-0.2, -0.15) is 0 Å². The van der Waals surface area contributed by atoms with Gasteiger partial charge in [0.25, 0.3) is 15.9 Å². The van der Waals surface area contributed by atoms with Crippen molar-refractivity contribution in [3.8, 4) is 0 Å². The molecule has 0 saturated carbocycles. The third-order valence-electron chi connectivity index (χ3n) is 5.33. The van der Waals surface area contributed by atoms with Gasteiger partial charge in [0.15, 0.2) is 0 Å². The average Bonchev–Trinajstić information content (AvgIpc) is 3.08. The van der Waals surface area contributed by atoms with Gasteiger partial charge in [-0.25, -0.2) is 8.42 Å². The largest absolute Gasteiger partial charge is 0.348 e. The van der Waals surface area contributed by atoms with Gasteiger partial charge in [-0.15, -0.1) is 0 Å². The maximum Gasteiger partial charge on any atom is 0.264 e. The molecule has 0 radical (unpaired) electrons. The molecule has 0 spiro atoms. The van der Waals surface area contributed by atoms with Crippen LogP contribution in [-0.4, -0.2) is 20.4 Å². The number of aryl methyl sites for hydroxylation is 1. The summed E-state index contributed by atoms with van der Waals surface area (Å²) in [6.45, 7) is 4.35. The normalized spacial score (nSPS) is 15.7. The summed E-state index contributed by atoms with van der Waals surface area (Å²) in [4.78, 5) is 12.9. The number of anilines is 1. The summed E-state index contributed by atoms with van der Waals surface area (Å²) in [5.74, 6) is -0.170. The van der Waals surface area contributed by atoms with E-state index in [1.54, 1.807) is 48.5 Å². The summed E-state index contributed by atoms with van der Waals surface area (Å²) in [6.07, 6.45) is 0.570. The van der Waals surface area contributed by atoms with E-state index in [0.29, 0.717) is 24.2 Å². The molecule has 1 aliphatic rings. The van der Waals surface area contributed by atoms with Crippen molar-refractivity contribution < 1.29 is 13.2 Å². The molecule has 0 saturated heterocycles. The lowest BCUT2D eigenvalue weighted by atomic mass is 10.1. The third kappa shape index (κ3) is 3.83. The molecule has 1 amide bonds. The summed E-state index contributed by atoms with van der Waals surface area (Å²) < 4.78 is 27.8. The summed E-state index contributed by atoms with van der Waals surface area (Å²) in [5.41, 5.74) is 4.23. The predicted molar refractivity (Wildman–Crippen MR) is 118 cm³/mol. The number of carbonyl (C=O) groups is 1. The molecule has 1 atom stereocenters. The molecule has 30 heavy (non-hydrogen) atoms. The van der Waals surface area contributed by atoms with Crippen LogP contribution in [0.3, 0.4) is 0 Å². The van der Waals surface area contributed by atoms with Crippen LogP contribution in [0, 0.1) is 6.92 Å². The zero-order chi connectivity index (χ0) is 21.3. The highest BCUT2D eigenvalue weighted by Crippen LogP contribution is 2.37. The fraction of sp³-hybridized carbons (Fsp3) is 0.208. The Morgan fingerprint density at radius 3 is 2.53 bits per heavy atom. The van der Waals surface area contributed by atoms with Crippen LogP contribution in [0.5, 0.6) is 0 Å². The highest BCUT2D eigenvalue weighted by Gasteiger charge is 2.36. The molecule has 0 aliphatic carbocycles. The SMILES string of the molecule is Cc1cccc(CNC(=O)c2ccc3c(c2)C[C@H](C)N3S(=O)(=O)c2ccccc2)c1. The van der Waals surface area contributed by atoms with Crippen molar-refractivity contribution in [2.24, 2.45) is 0 Å². The zero-order valence-electron chi connectivity index (χ0n) is 17.0. The van der Waals surface area contributed by atoms with Gasteiger partial charge in [0.05, 0.1) is 10.6 Å². The highest BCUT2D eigenvalue weighted by atomic mass is 32.2. The minimum absolute atomic E-state index is 0.170. The first-order valence-electron chi connectivity index (χ1n) is 9.92. The molecule has 0 fully saturated rings. The minimum Gasteiger partial charge on any atom is -0.348 e.